The number of ether oxygens (including phenoxy) is 1. The summed E-state index contributed by atoms with van der Waals surface area (Å²) in [5.74, 6) is -1.28. The molecule has 3 heterocycles. The van der Waals surface area contributed by atoms with Crippen LogP contribution in [-0.4, -0.2) is 42.6 Å². The Balaban J connectivity index is 1.30. The van der Waals surface area contributed by atoms with Gasteiger partial charge >= 0.3 is 0 Å². The third kappa shape index (κ3) is 5.84. The molecular formula is C32H29F3N4O4. The Hall–Kier alpha value is -4.29. The number of nitrogens with one attached hydrogen (secondary N) is 1. The van der Waals surface area contributed by atoms with Crippen LogP contribution in [0.4, 0.5) is 13.2 Å². The van der Waals surface area contributed by atoms with E-state index < -0.39 is 36.0 Å². The average molecular weight is 591 g/mol. The Bertz CT molecular complexity index is 1810. The van der Waals surface area contributed by atoms with Gasteiger partial charge in [-0.1, -0.05) is 24.3 Å². The van der Waals surface area contributed by atoms with Crippen molar-refractivity contribution in [2.75, 3.05) is 6.54 Å². The first-order valence-corrected chi connectivity index (χ1v) is 13.8. The molecule has 1 aliphatic rings. The minimum Gasteiger partial charge on any atom is -0.473 e. The SMILES string of the molecule is Cc1ccc(COc2cccc(-c3cc(F)c(Cc4nc5ccc(C(O)O)cc5n4[C@H]4CCNC4O)cc3F)n2)c(F)c1. The van der Waals surface area contributed by atoms with Gasteiger partial charge in [-0.3, -0.25) is 5.32 Å². The molecular weight excluding hydrogens is 561 g/mol. The molecule has 11 heteroatoms. The highest BCUT2D eigenvalue weighted by Crippen LogP contribution is 2.32. The maximum atomic E-state index is 15.5. The van der Waals surface area contributed by atoms with E-state index in [1.165, 1.54) is 18.2 Å². The van der Waals surface area contributed by atoms with E-state index in [0.717, 1.165) is 17.7 Å². The summed E-state index contributed by atoms with van der Waals surface area (Å²) >= 11 is 0. The number of aryl methyl sites for hydroxylation is 1. The predicted molar refractivity (Wildman–Crippen MR) is 152 cm³/mol. The first-order valence-electron chi connectivity index (χ1n) is 13.8. The first kappa shape index (κ1) is 28.8. The van der Waals surface area contributed by atoms with Crippen molar-refractivity contribution >= 4 is 11.0 Å². The number of imidazole rings is 1. The van der Waals surface area contributed by atoms with Gasteiger partial charge in [0.2, 0.25) is 5.88 Å². The Morgan fingerprint density at radius 2 is 1.77 bits per heavy atom. The lowest BCUT2D eigenvalue weighted by Gasteiger charge is -2.20. The van der Waals surface area contributed by atoms with Crippen LogP contribution in [0.5, 0.6) is 5.88 Å². The lowest BCUT2D eigenvalue weighted by molar-refractivity contribution is -0.0424. The molecule has 8 nitrogen and oxygen atoms in total. The molecule has 0 saturated carbocycles. The van der Waals surface area contributed by atoms with Gasteiger partial charge in [-0.2, -0.15) is 0 Å². The number of fused-ring (bicyclic) bond motifs is 1. The smallest absolute Gasteiger partial charge is 0.214 e. The maximum absolute atomic E-state index is 15.5. The number of nitrogens with zero attached hydrogens (tertiary/aromatic N) is 3. The molecule has 2 aromatic heterocycles. The summed E-state index contributed by atoms with van der Waals surface area (Å²) < 4.78 is 52.6. The second kappa shape index (κ2) is 11.8. The summed E-state index contributed by atoms with van der Waals surface area (Å²) in [5, 5.41) is 32.9. The third-order valence-electron chi connectivity index (χ3n) is 7.64. The van der Waals surface area contributed by atoms with Crippen LogP contribution in [0.25, 0.3) is 22.3 Å². The van der Waals surface area contributed by atoms with Gasteiger partial charge in [-0.25, -0.2) is 23.1 Å². The third-order valence-corrected chi connectivity index (χ3v) is 7.64. The van der Waals surface area contributed by atoms with Crippen LogP contribution in [0.15, 0.2) is 66.7 Å². The maximum Gasteiger partial charge on any atom is 0.214 e. The molecule has 3 aromatic carbocycles. The van der Waals surface area contributed by atoms with Crippen molar-refractivity contribution < 1.29 is 33.2 Å². The molecule has 1 unspecified atom stereocenters. The van der Waals surface area contributed by atoms with Gasteiger partial charge in [-0.15, -0.1) is 0 Å². The van der Waals surface area contributed by atoms with Crippen molar-refractivity contribution in [1.82, 2.24) is 19.9 Å². The van der Waals surface area contributed by atoms with Crippen LogP contribution in [-0.2, 0) is 13.0 Å². The topological polar surface area (TPSA) is 113 Å². The van der Waals surface area contributed by atoms with Gasteiger partial charge < -0.3 is 24.6 Å². The lowest BCUT2D eigenvalue weighted by Crippen LogP contribution is -2.29. The van der Waals surface area contributed by atoms with Crippen LogP contribution in [0.3, 0.4) is 0 Å². The van der Waals surface area contributed by atoms with Crippen LogP contribution in [0, 0.1) is 24.4 Å². The number of benzene rings is 3. The van der Waals surface area contributed by atoms with Crippen LogP contribution >= 0.6 is 0 Å². The van der Waals surface area contributed by atoms with Gasteiger partial charge in [-0.05, 0) is 67.4 Å². The van der Waals surface area contributed by atoms with Crippen LogP contribution in [0.1, 0.15) is 46.8 Å². The number of pyridine rings is 1. The van der Waals surface area contributed by atoms with Crippen molar-refractivity contribution in [1.29, 1.82) is 0 Å². The second-order valence-electron chi connectivity index (χ2n) is 10.6. The number of aromatic nitrogens is 3. The van der Waals surface area contributed by atoms with Gasteiger partial charge in [0.05, 0.1) is 22.8 Å². The normalized spacial score (nSPS) is 16.8. The van der Waals surface area contributed by atoms with E-state index in [9.17, 15) is 19.7 Å². The van der Waals surface area contributed by atoms with Gasteiger partial charge in [0.1, 0.15) is 36.1 Å². The summed E-state index contributed by atoms with van der Waals surface area (Å²) in [6.07, 6.45) is -2.13. The highest BCUT2D eigenvalue weighted by molar-refractivity contribution is 5.77. The highest BCUT2D eigenvalue weighted by Gasteiger charge is 2.30. The fourth-order valence-electron chi connectivity index (χ4n) is 5.42. The minimum atomic E-state index is -1.71. The molecule has 1 fully saturated rings. The van der Waals surface area contributed by atoms with E-state index in [0.29, 0.717) is 35.4 Å². The number of rotatable bonds is 8. The van der Waals surface area contributed by atoms with E-state index in [2.05, 4.69) is 15.3 Å². The van der Waals surface area contributed by atoms with E-state index in [1.807, 2.05) is 0 Å². The Kier molecular flexibility index (Phi) is 7.89. The number of hydrogen-bond donors (Lipinski definition) is 4. The molecule has 0 radical (unpaired) electrons. The Morgan fingerprint density at radius 3 is 2.51 bits per heavy atom. The van der Waals surface area contributed by atoms with Gasteiger partial charge in [0.25, 0.3) is 0 Å². The monoisotopic (exact) mass is 590 g/mol. The average Bonchev–Trinajstić information content (AvgIpc) is 3.55. The minimum absolute atomic E-state index is 0.0444. The molecule has 222 valence electrons. The van der Waals surface area contributed by atoms with Gasteiger partial charge in [0.15, 0.2) is 6.29 Å². The van der Waals surface area contributed by atoms with E-state index in [-0.39, 0.29) is 41.3 Å². The number of aliphatic hydroxyl groups excluding tert-OH is 2. The largest absolute Gasteiger partial charge is 0.473 e. The standard InChI is InChI=1S/C32H29F3N4O4/c1-17-5-6-19(22(33)11-17)16-43-30-4-2-3-25(38-30)21-15-23(34)20(12-24(21)35)14-29-37-26-8-7-18(32(41)42)13-28(26)39(29)27-9-10-36-31(27)40/h2-8,11-13,15,27,31-32,36,40-42H,9-10,14,16H2,1H3/t27-,31?/m0/s1. The van der Waals surface area contributed by atoms with E-state index in [4.69, 9.17) is 4.74 Å². The molecule has 0 spiro atoms. The summed E-state index contributed by atoms with van der Waals surface area (Å²) in [6.45, 7) is 2.25. The molecule has 1 aliphatic heterocycles. The van der Waals surface area contributed by atoms with Crippen LogP contribution in [0.2, 0.25) is 0 Å². The molecule has 6 rings (SSSR count). The number of halogens is 3. The molecule has 0 aliphatic carbocycles. The van der Waals surface area contributed by atoms with Crippen molar-refractivity contribution in [2.45, 2.75) is 44.9 Å². The molecule has 2 atom stereocenters. The van der Waals surface area contributed by atoms with Crippen molar-refractivity contribution in [3.63, 3.8) is 0 Å². The first-order chi connectivity index (χ1) is 20.7. The predicted octanol–water partition coefficient (Wildman–Crippen LogP) is 4.83. The zero-order valence-corrected chi connectivity index (χ0v) is 23.1. The summed E-state index contributed by atoms with van der Waals surface area (Å²) in [4.78, 5) is 8.93. The molecule has 1 saturated heterocycles. The fraction of sp³-hybridized carbons (Fsp3) is 0.250. The van der Waals surface area contributed by atoms with Crippen molar-refractivity contribution in [3.05, 3.63) is 112 Å². The quantitative estimate of drug-likeness (QED) is 0.192. The Morgan fingerprint density at radius 1 is 0.953 bits per heavy atom. The highest BCUT2D eigenvalue weighted by atomic mass is 19.1. The van der Waals surface area contributed by atoms with Crippen molar-refractivity contribution in [3.8, 4) is 17.1 Å². The van der Waals surface area contributed by atoms with Gasteiger partial charge in [0, 0.05) is 29.2 Å². The molecule has 0 amide bonds. The number of hydrogen-bond acceptors (Lipinski definition) is 7. The molecule has 43 heavy (non-hydrogen) atoms. The summed E-state index contributed by atoms with van der Waals surface area (Å²) in [6, 6.07) is 15.9. The molecule has 4 N–H and O–H groups in total. The zero-order valence-electron chi connectivity index (χ0n) is 23.1. The van der Waals surface area contributed by atoms with E-state index in [1.54, 1.807) is 47.9 Å². The summed E-state index contributed by atoms with van der Waals surface area (Å²) in [5.41, 5.74) is 2.54. The lowest BCUT2D eigenvalue weighted by atomic mass is 10.0. The Labute approximate surface area is 245 Å². The fourth-order valence-corrected chi connectivity index (χ4v) is 5.42. The summed E-state index contributed by atoms with van der Waals surface area (Å²) in [7, 11) is 0. The van der Waals surface area contributed by atoms with E-state index >= 15 is 8.78 Å². The zero-order chi connectivity index (χ0) is 30.2. The van der Waals surface area contributed by atoms with Crippen molar-refractivity contribution in [2.24, 2.45) is 0 Å². The van der Waals surface area contributed by atoms with Crippen LogP contribution < -0.4 is 10.1 Å². The molecule has 5 aromatic rings. The number of aliphatic hydroxyl groups is 3. The second-order valence-corrected chi connectivity index (χ2v) is 10.6. The molecule has 0 bridgehead atoms.